The summed E-state index contributed by atoms with van der Waals surface area (Å²) in [7, 11) is 0. The monoisotopic (exact) mass is 242 g/mol. The number of unbranched alkanes of at least 4 members (excludes halogenated alkanes) is 3. The van der Waals surface area contributed by atoms with Gasteiger partial charge in [0.15, 0.2) is 0 Å². The third kappa shape index (κ3) is 2.72. The van der Waals surface area contributed by atoms with Gasteiger partial charge in [0.2, 0.25) is 0 Å². The van der Waals surface area contributed by atoms with E-state index in [1.165, 1.54) is 0 Å². The quantitative estimate of drug-likeness (QED) is 0.791. The Morgan fingerprint density at radius 3 is 2.72 bits per heavy atom. The number of fused-ring (bicyclic) bond motifs is 1. The summed E-state index contributed by atoms with van der Waals surface area (Å²) in [5.74, 6) is 0. The van der Waals surface area contributed by atoms with Crippen LogP contribution in [0.15, 0.2) is 30.5 Å². The first kappa shape index (κ1) is 12.7. The molecule has 0 aliphatic carbocycles. The first-order valence-electron chi connectivity index (χ1n) is 6.45. The zero-order chi connectivity index (χ0) is 12.8. The third-order valence-electron chi connectivity index (χ3n) is 3.24. The lowest BCUT2D eigenvalue weighted by Gasteiger charge is -2.05. The van der Waals surface area contributed by atoms with Gasteiger partial charge in [-0.05, 0) is 31.0 Å². The largest absolute Gasteiger partial charge is 0.396 e. The topological polar surface area (TPSA) is 49.0 Å². The lowest BCUT2D eigenvalue weighted by atomic mass is 10.1. The number of nitrogens with zero attached hydrogens (tertiary/aromatic N) is 2. The Labute approximate surface area is 107 Å². The van der Waals surface area contributed by atoms with Gasteiger partial charge in [-0.1, -0.05) is 18.9 Å². The van der Waals surface area contributed by atoms with Crippen molar-refractivity contribution in [1.29, 1.82) is 5.26 Å². The maximum Gasteiger partial charge on any atom is 0.0998 e. The number of hydrogen-bond donors (Lipinski definition) is 1. The van der Waals surface area contributed by atoms with Crippen LogP contribution in [0, 0.1) is 11.3 Å². The number of aliphatic hydroxyl groups excluding tert-OH is 1. The van der Waals surface area contributed by atoms with Crippen LogP contribution in [0.5, 0.6) is 0 Å². The first-order valence-corrected chi connectivity index (χ1v) is 6.45. The Kier molecular flexibility index (Phi) is 4.38. The van der Waals surface area contributed by atoms with Crippen LogP contribution in [0.1, 0.15) is 31.2 Å². The predicted octanol–water partition coefficient (Wildman–Crippen LogP) is 3.07. The molecule has 1 heterocycles. The van der Waals surface area contributed by atoms with Crippen molar-refractivity contribution in [3.8, 4) is 6.07 Å². The minimum absolute atomic E-state index is 0.290. The molecule has 1 aromatic heterocycles. The fourth-order valence-corrected chi connectivity index (χ4v) is 2.26. The number of benzene rings is 1. The van der Waals surface area contributed by atoms with Crippen molar-refractivity contribution in [1.82, 2.24) is 4.57 Å². The van der Waals surface area contributed by atoms with Gasteiger partial charge < -0.3 is 9.67 Å². The molecule has 0 amide bonds. The van der Waals surface area contributed by atoms with E-state index in [0.29, 0.717) is 0 Å². The van der Waals surface area contributed by atoms with E-state index < -0.39 is 0 Å². The SMILES string of the molecule is N#Cc1cccc2c1ccn2CCCCCCO. The van der Waals surface area contributed by atoms with Gasteiger partial charge in [0.1, 0.15) is 0 Å². The van der Waals surface area contributed by atoms with Crippen LogP contribution in [-0.2, 0) is 6.54 Å². The van der Waals surface area contributed by atoms with Gasteiger partial charge in [0.05, 0.1) is 11.6 Å². The molecule has 1 N–H and O–H groups in total. The fraction of sp³-hybridized carbons (Fsp3) is 0.400. The van der Waals surface area contributed by atoms with Gasteiger partial charge in [0, 0.05) is 30.3 Å². The van der Waals surface area contributed by atoms with Gasteiger partial charge in [-0.15, -0.1) is 0 Å². The summed E-state index contributed by atoms with van der Waals surface area (Å²) in [4.78, 5) is 0. The molecule has 3 nitrogen and oxygen atoms in total. The van der Waals surface area contributed by atoms with Gasteiger partial charge in [-0.25, -0.2) is 0 Å². The highest BCUT2D eigenvalue weighted by atomic mass is 16.2. The van der Waals surface area contributed by atoms with Crippen LogP contribution in [0.25, 0.3) is 10.9 Å². The van der Waals surface area contributed by atoms with E-state index in [9.17, 15) is 0 Å². The summed E-state index contributed by atoms with van der Waals surface area (Å²) in [5, 5.41) is 18.8. The van der Waals surface area contributed by atoms with Crippen LogP contribution in [0.2, 0.25) is 0 Å². The van der Waals surface area contributed by atoms with Crippen molar-refractivity contribution < 1.29 is 5.11 Å². The summed E-state index contributed by atoms with van der Waals surface area (Å²) in [5.41, 5.74) is 1.88. The van der Waals surface area contributed by atoms with Crippen molar-refractivity contribution in [2.24, 2.45) is 0 Å². The zero-order valence-corrected chi connectivity index (χ0v) is 10.5. The van der Waals surface area contributed by atoms with Crippen LogP contribution in [0.4, 0.5) is 0 Å². The Bertz CT molecular complexity index is 551. The second-order valence-corrected chi connectivity index (χ2v) is 4.50. The zero-order valence-electron chi connectivity index (χ0n) is 10.5. The smallest absolute Gasteiger partial charge is 0.0998 e. The highest BCUT2D eigenvalue weighted by molar-refractivity contribution is 5.85. The second kappa shape index (κ2) is 6.23. The summed E-state index contributed by atoms with van der Waals surface area (Å²) in [6.45, 7) is 1.27. The molecule has 0 spiro atoms. The van der Waals surface area contributed by atoms with Crippen LogP contribution in [-0.4, -0.2) is 16.3 Å². The molecule has 0 atom stereocenters. The van der Waals surface area contributed by atoms with Crippen LogP contribution in [0.3, 0.4) is 0 Å². The molecule has 2 rings (SSSR count). The average Bonchev–Trinajstić information content (AvgIpc) is 2.82. The van der Waals surface area contributed by atoms with Crippen molar-refractivity contribution >= 4 is 10.9 Å². The summed E-state index contributed by atoms with van der Waals surface area (Å²) < 4.78 is 2.20. The second-order valence-electron chi connectivity index (χ2n) is 4.50. The predicted molar refractivity (Wildman–Crippen MR) is 72.2 cm³/mol. The Hall–Kier alpha value is -1.79. The molecule has 0 unspecified atom stereocenters. The fourth-order valence-electron chi connectivity index (χ4n) is 2.26. The van der Waals surface area contributed by atoms with Gasteiger partial charge >= 0.3 is 0 Å². The van der Waals surface area contributed by atoms with E-state index in [-0.39, 0.29) is 6.61 Å². The molecular weight excluding hydrogens is 224 g/mol. The van der Waals surface area contributed by atoms with Crippen molar-refractivity contribution in [2.75, 3.05) is 6.61 Å². The molecule has 1 aromatic carbocycles. The Balaban J connectivity index is 2.04. The highest BCUT2D eigenvalue weighted by Crippen LogP contribution is 2.20. The summed E-state index contributed by atoms with van der Waals surface area (Å²) in [6.07, 6.45) is 6.28. The van der Waals surface area contributed by atoms with E-state index >= 15 is 0 Å². The summed E-state index contributed by atoms with van der Waals surface area (Å²) >= 11 is 0. The normalized spacial score (nSPS) is 10.7. The number of aryl methyl sites for hydroxylation is 1. The molecule has 0 saturated carbocycles. The standard InChI is InChI=1S/C15H18N2O/c16-12-13-6-5-7-15-14(13)8-10-17(15)9-3-1-2-4-11-18/h5-8,10,18H,1-4,9,11H2. The van der Waals surface area contributed by atoms with Crippen LogP contribution < -0.4 is 0 Å². The number of aromatic nitrogens is 1. The molecule has 0 fully saturated rings. The molecular formula is C15H18N2O. The molecule has 94 valence electrons. The number of rotatable bonds is 6. The lowest BCUT2D eigenvalue weighted by molar-refractivity contribution is 0.282. The number of aliphatic hydroxyl groups is 1. The summed E-state index contributed by atoms with van der Waals surface area (Å²) in [6, 6.07) is 10.1. The number of hydrogen-bond acceptors (Lipinski definition) is 2. The first-order chi connectivity index (χ1) is 8.86. The average molecular weight is 242 g/mol. The molecule has 0 radical (unpaired) electrons. The van der Waals surface area contributed by atoms with E-state index in [1.54, 1.807) is 0 Å². The molecule has 2 aromatic rings. The number of nitriles is 1. The van der Waals surface area contributed by atoms with Gasteiger partial charge in [0.25, 0.3) is 0 Å². The highest BCUT2D eigenvalue weighted by Gasteiger charge is 2.04. The van der Waals surface area contributed by atoms with E-state index in [0.717, 1.165) is 48.7 Å². The third-order valence-corrected chi connectivity index (χ3v) is 3.24. The van der Waals surface area contributed by atoms with Gasteiger partial charge in [-0.3, -0.25) is 0 Å². The lowest BCUT2D eigenvalue weighted by Crippen LogP contribution is -1.96. The van der Waals surface area contributed by atoms with E-state index in [2.05, 4.69) is 22.9 Å². The molecule has 18 heavy (non-hydrogen) atoms. The molecule has 0 aliphatic rings. The molecule has 0 bridgehead atoms. The maximum absolute atomic E-state index is 9.04. The molecule has 0 aliphatic heterocycles. The molecule has 0 saturated heterocycles. The van der Waals surface area contributed by atoms with Crippen LogP contribution >= 0.6 is 0 Å². The Morgan fingerprint density at radius 2 is 1.94 bits per heavy atom. The van der Waals surface area contributed by atoms with E-state index in [1.807, 2.05) is 18.2 Å². The minimum Gasteiger partial charge on any atom is -0.396 e. The van der Waals surface area contributed by atoms with E-state index in [4.69, 9.17) is 10.4 Å². The van der Waals surface area contributed by atoms with Crippen molar-refractivity contribution in [3.63, 3.8) is 0 Å². The Morgan fingerprint density at radius 1 is 1.11 bits per heavy atom. The minimum atomic E-state index is 0.290. The van der Waals surface area contributed by atoms with Crippen molar-refractivity contribution in [3.05, 3.63) is 36.0 Å². The van der Waals surface area contributed by atoms with Crippen molar-refractivity contribution in [2.45, 2.75) is 32.2 Å². The molecule has 3 heteroatoms. The van der Waals surface area contributed by atoms with Gasteiger partial charge in [-0.2, -0.15) is 5.26 Å². The maximum atomic E-state index is 9.04.